The van der Waals surface area contributed by atoms with Crippen LogP contribution in [0.5, 0.6) is 0 Å². The highest BCUT2D eigenvalue weighted by molar-refractivity contribution is 7.87. The Kier molecular flexibility index (Phi) is 5.06. The molecule has 0 saturated heterocycles. The molecular formula is C16H14O5S. The molecule has 114 valence electrons. The molecule has 0 aliphatic heterocycles. The van der Waals surface area contributed by atoms with E-state index in [1.807, 2.05) is 0 Å². The van der Waals surface area contributed by atoms with Crippen molar-refractivity contribution in [1.82, 2.24) is 0 Å². The third kappa shape index (κ3) is 3.40. The normalized spacial score (nSPS) is 14.7. The van der Waals surface area contributed by atoms with Crippen molar-refractivity contribution in [2.24, 2.45) is 0 Å². The smallest absolute Gasteiger partial charge is 0.323 e. The molecule has 2 N–H and O–H groups in total. The molecule has 5 nitrogen and oxygen atoms in total. The van der Waals surface area contributed by atoms with E-state index >= 15 is 0 Å². The van der Waals surface area contributed by atoms with Crippen molar-refractivity contribution in [3.8, 4) is 0 Å². The van der Waals surface area contributed by atoms with Gasteiger partial charge in [-0.15, -0.1) is 0 Å². The van der Waals surface area contributed by atoms with Gasteiger partial charge in [0, 0.05) is 0 Å². The summed E-state index contributed by atoms with van der Waals surface area (Å²) in [4.78, 5) is 23.0. The second kappa shape index (κ2) is 7.00. The van der Waals surface area contributed by atoms with Gasteiger partial charge in [0.05, 0.1) is 10.8 Å². The van der Waals surface area contributed by atoms with Gasteiger partial charge in [-0.2, -0.15) is 0 Å². The molecule has 0 aromatic heterocycles. The van der Waals surface area contributed by atoms with Gasteiger partial charge in [0.25, 0.3) is 0 Å². The van der Waals surface area contributed by atoms with Crippen molar-refractivity contribution in [2.75, 3.05) is 0 Å². The Balaban J connectivity index is 2.45. The SMILES string of the molecule is O=C(O)C(c1ccccc1)S(=O)C(C(=O)O)c1ccccc1. The fourth-order valence-electron chi connectivity index (χ4n) is 2.14. The second-order valence-corrected chi connectivity index (χ2v) is 6.19. The molecule has 2 unspecified atom stereocenters. The molecule has 2 aromatic rings. The summed E-state index contributed by atoms with van der Waals surface area (Å²) in [7, 11) is -2.16. The van der Waals surface area contributed by atoms with Crippen LogP contribution < -0.4 is 0 Å². The Bertz CT molecular complexity index is 625. The molecule has 0 aliphatic carbocycles. The average molecular weight is 318 g/mol. The number of carboxylic acid groups (broad SMARTS) is 2. The maximum Gasteiger partial charge on any atom is 0.323 e. The molecule has 0 amide bonds. The van der Waals surface area contributed by atoms with Gasteiger partial charge in [-0.05, 0) is 11.1 Å². The molecular weight excluding hydrogens is 304 g/mol. The van der Waals surface area contributed by atoms with Crippen LogP contribution in [0.4, 0.5) is 0 Å². The van der Waals surface area contributed by atoms with E-state index in [4.69, 9.17) is 0 Å². The molecule has 6 heteroatoms. The summed E-state index contributed by atoms with van der Waals surface area (Å²) in [5, 5.41) is 16.0. The summed E-state index contributed by atoms with van der Waals surface area (Å²) >= 11 is 0. The van der Waals surface area contributed by atoms with Gasteiger partial charge in [-0.3, -0.25) is 13.8 Å². The lowest BCUT2D eigenvalue weighted by Crippen LogP contribution is -2.26. The summed E-state index contributed by atoms with van der Waals surface area (Å²) in [6, 6.07) is 16.0. The molecule has 0 bridgehead atoms. The van der Waals surface area contributed by atoms with Gasteiger partial charge < -0.3 is 10.2 Å². The molecule has 22 heavy (non-hydrogen) atoms. The quantitative estimate of drug-likeness (QED) is 0.853. The Morgan fingerprint density at radius 1 is 0.727 bits per heavy atom. The monoisotopic (exact) mass is 318 g/mol. The van der Waals surface area contributed by atoms with Crippen LogP contribution in [0.3, 0.4) is 0 Å². The molecule has 0 radical (unpaired) electrons. The molecule has 0 spiro atoms. The lowest BCUT2D eigenvalue weighted by molar-refractivity contribution is -0.136. The van der Waals surface area contributed by atoms with Crippen LogP contribution in [0.1, 0.15) is 21.6 Å². The number of benzene rings is 2. The van der Waals surface area contributed by atoms with Crippen LogP contribution in [0.2, 0.25) is 0 Å². The molecule has 2 rings (SSSR count). The zero-order valence-electron chi connectivity index (χ0n) is 11.5. The Hall–Kier alpha value is -2.47. The fraction of sp³-hybridized carbons (Fsp3) is 0.125. The highest BCUT2D eigenvalue weighted by Gasteiger charge is 2.37. The van der Waals surface area contributed by atoms with Crippen LogP contribution in [0.25, 0.3) is 0 Å². The summed E-state index contributed by atoms with van der Waals surface area (Å²) in [5.41, 5.74) is 0.631. The number of aliphatic carboxylic acids is 2. The topological polar surface area (TPSA) is 91.7 Å². The first-order chi connectivity index (χ1) is 10.5. The van der Waals surface area contributed by atoms with Gasteiger partial charge in [0.1, 0.15) is 0 Å². The van der Waals surface area contributed by atoms with E-state index in [1.165, 1.54) is 24.3 Å². The Morgan fingerprint density at radius 2 is 1.05 bits per heavy atom. The zero-order valence-corrected chi connectivity index (χ0v) is 12.3. The van der Waals surface area contributed by atoms with Crippen LogP contribution in [-0.2, 0) is 20.4 Å². The summed E-state index contributed by atoms with van der Waals surface area (Å²) in [6.45, 7) is 0. The number of carboxylic acids is 2. The van der Waals surface area contributed by atoms with Crippen LogP contribution >= 0.6 is 0 Å². The summed E-state index contributed by atoms with van der Waals surface area (Å²) in [6.07, 6.45) is 0. The average Bonchev–Trinajstić information content (AvgIpc) is 2.49. The first-order valence-electron chi connectivity index (χ1n) is 6.47. The largest absolute Gasteiger partial charge is 0.480 e. The highest BCUT2D eigenvalue weighted by atomic mass is 32.2. The van der Waals surface area contributed by atoms with Crippen LogP contribution in [0.15, 0.2) is 60.7 Å². The predicted molar refractivity (Wildman–Crippen MR) is 81.8 cm³/mol. The lowest BCUT2D eigenvalue weighted by atomic mass is 10.1. The van der Waals surface area contributed by atoms with Crippen molar-refractivity contribution in [2.45, 2.75) is 10.5 Å². The first kappa shape index (κ1) is 15.9. The zero-order chi connectivity index (χ0) is 16.1. The number of hydrogen-bond donors (Lipinski definition) is 2. The first-order valence-corrected chi connectivity index (χ1v) is 7.75. The van der Waals surface area contributed by atoms with Crippen molar-refractivity contribution < 1.29 is 24.0 Å². The van der Waals surface area contributed by atoms with Gasteiger partial charge in [0.2, 0.25) is 0 Å². The molecule has 2 atom stereocenters. The number of hydrogen-bond acceptors (Lipinski definition) is 3. The van der Waals surface area contributed by atoms with Crippen molar-refractivity contribution in [1.29, 1.82) is 0 Å². The highest BCUT2D eigenvalue weighted by Crippen LogP contribution is 2.31. The van der Waals surface area contributed by atoms with E-state index in [9.17, 15) is 24.0 Å². The van der Waals surface area contributed by atoms with E-state index in [-0.39, 0.29) is 0 Å². The minimum atomic E-state index is -2.16. The van der Waals surface area contributed by atoms with Crippen molar-refractivity contribution >= 4 is 22.7 Å². The van der Waals surface area contributed by atoms with E-state index in [1.54, 1.807) is 36.4 Å². The standard InChI is InChI=1S/C16H14O5S/c17-15(18)13(11-7-3-1-4-8-11)22(21)14(16(19)20)12-9-5-2-6-10-12/h1-10,13-14H,(H,17,18)(H,19,20). The van der Waals surface area contributed by atoms with E-state index in [0.717, 1.165) is 0 Å². The molecule has 0 saturated carbocycles. The lowest BCUT2D eigenvalue weighted by Gasteiger charge is -2.18. The van der Waals surface area contributed by atoms with Gasteiger partial charge >= 0.3 is 11.9 Å². The second-order valence-electron chi connectivity index (χ2n) is 4.59. The minimum Gasteiger partial charge on any atom is -0.480 e. The third-order valence-electron chi connectivity index (χ3n) is 3.12. The number of carbonyl (C=O) groups is 2. The van der Waals surface area contributed by atoms with Crippen LogP contribution in [0, 0.1) is 0 Å². The minimum absolute atomic E-state index is 0.315. The number of rotatable bonds is 6. The van der Waals surface area contributed by atoms with E-state index in [0.29, 0.717) is 11.1 Å². The molecule has 0 aliphatic rings. The van der Waals surface area contributed by atoms with E-state index in [2.05, 4.69) is 0 Å². The molecule has 2 aromatic carbocycles. The van der Waals surface area contributed by atoms with Gasteiger partial charge in [0.15, 0.2) is 10.5 Å². The molecule has 0 heterocycles. The predicted octanol–water partition coefficient (Wildman–Crippen LogP) is 2.39. The summed E-state index contributed by atoms with van der Waals surface area (Å²) in [5.74, 6) is -2.63. The van der Waals surface area contributed by atoms with E-state index < -0.39 is 33.2 Å². The maximum atomic E-state index is 12.7. The molecule has 0 fully saturated rings. The third-order valence-corrected chi connectivity index (χ3v) is 4.99. The maximum absolute atomic E-state index is 12.7. The van der Waals surface area contributed by atoms with Gasteiger partial charge in [-0.1, -0.05) is 60.7 Å². The summed E-state index contributed by atoms with van der Waals surface area (Å²) < 4.78 is 12.7. The van der Waals surface area contributed by atoms with Crippen molar-refractivity contribution in [3.05, 3.63) is 71.8 Å². The van der Waals surface area contributed by atoms with Gasteiger partial charge in [-0.25, -0.2) is 0 Å². The Morgan fingerprint density at radius 3 is 1.32 bits per heavy atom. The Labute approximate surface area is 129 Å². The van der Waals surface area contributed by atoms with Crippen molar-refractivity contribution in [3.63, 3.8) is 0 Å². The fourth-order valence-corrected chi connectivity index (χ4v) is 3.66. The van der Waals surface area contributed by atoms with Crippen LogP contribution in [-0.4, -0.2) is 26.4 Å².